The Balaban J connectivity index is 1.49. The number of nitrogens with one attached hydrogen (secondary N) is 3. The van der Waals surface area contributed by atoms with Gasteiger partial charge in [0, 0.05) is 12.1 Å². The summed E-state index contributed by atoms with van der Waals surface area (Å²) in [7, 11) is 0. The average Bonchev–Trinajstić information content (AvgIpc) is 2.89. The highest BCUT2D eigenvalue weighted by Crippen LogP contribution is 2.16. The smallest absolute Gasteiger partial charge is 0.257 e. The van der Waals surface area contributed by atoms with Gasteiger partial charge in [0.1, 0.15) is 5.75 Å². The van der Waals surface area contributed by atoms with E-state index in [1.165, 1.54) is 12.8 Å². The number of benzene rings is 3. The fourth-order valence-electron chi connectivity index (χ4n) is 3.60. The van der Waals surface area contributed by atoms with Gasteiger partial charge in [-0.2, -0.15) is 0 Å². The lowest BCUT2D eigenvalue weighted by molar-refractivity contribution is 0.0953. The van der Waals surface area contributed by atoms with Crippen LogP contribution in [0, 0.1) is 0 Å². The van der Waals surface area contributed by atoms with E-state index in [1.54, 1.807) is 48.5 Å². The number of thiocarbonyl (C=S) groups is 1. The number of anilines is 1. The molecule has 3 aromatic carbocycles. The SMILES string of the molecule is CCCCCCOc1ccc(C(=O)NC(=S)Nc2ccccc2C(=O)NCCc2ccccc2)cc1. The van der Waals surface area contributed by atoms with Crippen molar-refractivity contribution in [2.45, 2.75) is 39.0 Å². The monoisotopic (exact) mass is 503 g/mol. The van der Waals surface area contributed by atoms with Gasteiger partial charge in [0.25, 0.3) is 11.8 Å². The van der Waals surface area contributed by atoms with Crippen LogP contribution in [0.15, 0.2) is 78.9 Å². The molecule has 0 heterocycles. The second-order valence-corrected chi connectivity index (χ2v) is 8.79. The molecule has 36 heavy (non-hydrogen) atoms. The van der Waals surface area contributed by atoms with E-state index in [0.29, 0.717) is 30.0 Å². The fourth-order valence-corrected chi connectivity index (χ4v) is 3.80. The minimum absolute atomic E-state index is 0.112. The Bertz CT molecular complexity index is 1130. The molecule has 6 nitrogen and oxygen atoms in total. The van der Waals surface area contributed by atoms with Crippen LogP contribution in [0.3, 0.4) is 0 Å². The van der Waals surface area contributed by atoms with Crippen molar-refractivity contribution in [2.75, 3.05) is 18.5 Å². The van der Waals surface area contributed by atoms with Crippen LogP contribution in [0.25, 0.3) is 0 Å². The van der Waals surface area contributed by atoms with Gasteiger partial charge in [0.2, 0.25) is 0 Å². The van der Waals surface area contributed by atoms with Gasteiger partial charge in [-0.1, -0.05) is 68.7 Å². The molecule has 0 bridgehead atoms. The molecular weight excluding hydrogens is 470 g/mol. The fraction of sp³-hybridized carbons (Fsp3) is 0.276. The first-order valence-electron chi connectivity index (χ1n) is 12.3. The summed E-state index contributed by atoms with van der Waals surface area (Å²) in [4.78, 5) is 25.4. The number of carbonyl (C=O) groups is 2. The Hall–Kier alpha value is -3.71. The molecule has 0 atom stereocenters. The van der Waals surface area contributed by atoms with Crippen LogP contribution < -0.4 is 20.7 Å². The molecule has 0 saturated heterocycles. The van der Waals surface area contributed by atoms with Crippen LogP contribution >= 0.6 is 12.2 Å². The van der Waals surface area contributed by atoms with Gasteiger partial charge in [0.15, 0.2) is 5.11 Å². The van der Waals surface area contributed by atoms with Crippen molar-refractivity contribution < 1.29 is 14.3 Å². The zero-order chi connectivity index (χ0) is 25.6. The summed E-state index contributed by atoms with van der Waals surface area (Å²) >= 11 is 5.33. The van der Waals surface area contributed by atoms with Gasteiger partial charge in [-0.15, -0.1) is 0 Å². The number of carbonyl (C=O) groups excluding carboxylic acids is 2. The number of ether oxygens (including phenoxy) is 1. The summed E-state index contributed by atoms with van der Waals surface area (Å²) in [5.74, 6) is 0.177. The predicted molar refractivity (Wildman–Crippen MR) is 149 cm³/mol. The average molecular weight is 504 g/mol. The van der Waals surface area contributed by atoms with Crippen LogP contribution in [0.1, 0.15) is 58.9 Å². The first-order chi connectivity index (χ1) is 17.6. The largest absolute Gasteiger partial charge is 0.494 e. The van der Waals surface area contributed by atoms with E-state index in [9.17, 15) is 9.59 Å². The van der Waals surface area contributed by atoms with Crippen LogP contribution in [-0.2, 0) is 6.42 Å². The molecule has 0 aliphatic heterocycles. The summed E-state index contributed by atoms with van der Waals surface area (Å²) in [6.07, 6.45) is 5.30. The van der Waals surface area contributed by atoms with Crippen LogP contribution in [0.5, 0.6) is 5.75 Å². The Kier molecular flexibility index (Phi) is 10.9. The lowest BCUT2D eigenvalue weighted by Crippen LogP contribution is -2.35. The van der Waals surface area contributed by atoms with E-state index < -0.39 is 0 Å². The molecule has 2 amide bonds. The molecule has 0 spiro atoms. The number of amides is 2. The van der Waals surface area contributed by atoms with Crippen LogP contribution in [0.2, 0.25) is 0 Å². The third kappa shape index (κ3) is 8.82. The van der Waals surface area contributed by atoms with Crippen molar-refractivity contribution in [3.63, 3.8) is 0 Å². The molecule has 3 N–H and O–H groups in total. The molecular formula is C29H33N3O3S. The van der Waals surface area contributed by atoms with Crippen LogP contribution in [0.4, 0.5) is 5.69 Å². The zero-order valence-corrected chi connectivity index (χ0v) is 21.4. The molecule has 0 unspecified atom stereocenters. The molecule has 0 fully saturated rings. The van der Waals surface area contributed by atoms with Crippen LogP contribution in [-0.4, -0.2) is 30.1 Å². The van der Waals surface area contributed by atoms with Crippen molar-refractivity contribution in [1.29, 1.82) is 0 Å². The standard InChI is InChI=1S/C29H33N3O3S/c1-2-3-4-10-21-35-24-17-15-23(16-18-24)27(33)32-29(36)31-26-14-9-8-13-25(26)28(34)30-20-19-22-11-6-5-7-12-22/h5-9,11-18H,2-4,10,19-21H2,1H3,(H,30,34)(H2,31,32,33,36). The topological polar surface area (TPSA) is 79.5 Å². The van der Waals surface area contributed by atoms with Gasteiger partial charge in [-0.3, -0.25) is 14.9 Å². The van der Waals surface area contributed by atoms with Gasteiger partial charge in [-0.05, 0) is 67.0 Å². The molecule has 188 valence electrons. The number of rotatable bonds is 12. The summed E-state index contributed by atoms with van der Waals surface area (Å²) in [5.41, 5.74) is 2.58. The molecule has 3 aromatic rings. The number of hydrogen-bond donors (Lipinski definition) is 3. The number of hydrogen-bond acceptors (Lipinski definition) is 4. The summed E-state index contributed by atoms with van der Waals surface area (Å²) in [5, 5.41) is 8.69. The molecule has 0 saturated carbocycles. The molecule has 0 aliphatic carbocycles. The third-order valence-electron chi connectivity index (χ3n) is 5.57. The van der Waals surface area contributed by atoms with Crippen molar-refractivity contribution in [1.82, 2.24) is 10.6 Å². The van der Waals surface area contributed by atoms with E-state index in [4.69, 9.17) is 17.0 Å². The van der Waals surface area contributed by atoms with Gasteiger partial charge in [-0.25, -0.2) is 0 Å². The summed E-state index contributed by atoms with van der Waals surface area (Å²) in [6, 6.07) is 24.0. The van der Waals surface area contributed by atoms with Gasteiger partial charge in [0.05, 0.1) is 17.9 Å². The quantitative estimate of drug-likeness (QED) is 0.217. The first kappa shape index (κ1) is 26.9. The highest BCUT2D eigenvalue weighted by atomic mass is 32.1. The maximum Gasteiger partial charge on any atom is 0.257 e. The second-order valence-electron chi connectivity index (χ2n) is 8.38. The van der Waals surface area contributed by atoms with E-state index in [2.05, 4.69) is 22.9 Å². The maximum absolute atomic E-state index is 12.7. The third-order valence-corrected chi connectivity index (χ3v) is 5.78. The maximum atomic E-state index is 12.7. The van der Waals surface area contributed by atoms with Crippen molar-refractivity contribution >= 4 is 34.8 Å². The van der Waals surface area contributed by atoms with E-state index in [-0.39, 0.29) is 16.9 Å². The molecule has 7 heteroatoms. The Labute approximate surface area is 218 Å². The summed E-state index contributed by atoms with van der Waals surface area (Å²) < 4.78 is 5.73. The Morgan fingerprint density at radius 1 is 0.833 bits per heavy atom. The minimum Gasteiger partial charge on any atom is -0.494 e. The van der Waals surface area contributed by atoms with Gasteiger partial charge >= 0.3 is 0 Å². The molecule has 0 aliphatic rings. The Morgan fingerprint density at radius 3 is 2.31 bits per heavy atom. The molecule has 3 rings (SSSR count). The second kappa shape index (κ2) is 14.6. The highest BCUT2D eigenvalue weighted by molar-refractivity contribution is 7.80. The van der Waals surface area contributed by atoms with Crippen molar-refractivity contribution in [3.05, 3.63) is 95.6 Å². The van der Waals surface area contributed by atoms with E-state index in [1.807, 2.05) is 30.3 Å². The zero-order valence-electron chi connectivity index (χ0n) is 20.6. The summed E-state index contributed by atoms with van der Waals surface area (Å²) in [6.45, 7) is 3.35. The molecule has 0 radical (unpaired) electrons. The molecule has 0 aromatic heterocycles. The first-order valence-corrected chi connectivity index (χ1v) is 12.7. The van der Waals surface area contributed by atoms with Crippen molar-refractivity contribution in [3.8, 4) is 5.75 Å². The van der Waals surface area contributed by atoms with Gasteiger partial charge < -0.3 is 15.4 Å². The highest BCUT2D eigenvalue weighted by Gasteiger charge is 2.13. The van der Waals surface area contributed by atoms with E-state index in [0.717, 1.165) is 30.6 Å². The number of para-hydroxylation sites is 1. The predicted octanol–water partition coefficient (Wildman–Crippen LogP) is 5.75. The van der Waals surface area contributed by atoms with E-state index >= 15 is 0 Å². The minimum atomic E-state index is -0.341. The normalized spacial score (nSPS) is 10.4. The lowest BCUT2D eigenvalue weighted by Gasteiger charge is -2.14. The van der Waals surface area contributed by atoms with Crippen molar-refractivity contribution in [2.24, 2.45) is 0 Å². The number of unbranched alkanes of at least 4 members (excludes halogenated alkanes) is 3. The lowest BCUT2D eigenvalue weighted by atomic mass is 10.1. The Morgan fingerprint density at radius 2 is 1.56 bits per heavy atom.